The number of ether oxygens (including phenoxy) is 1. The standard InChI is InChI=1S/C15H14O2/c1-2-12-13-10-17-14(16)15(12,13)9-8-11-6-4-3-5-7-11/h2-9,12-13H,1,10H2/b9-8+/t12-,13-,15-/m1/s1. The highest BCUT2D eigenvalue weighted by Gasteiger charge is 2.71. The normalized spacial score (nSPS) is 34.5. The molecule has 2 aliphatic rings. The summed E-state index contributed by atoms with van der Waals surface area (Å²) in [6, 6.07) is 9.99. The molecule has 0 bridgehead atoms. The van der Waals surface area contributed by atoms with Gasteiger partial charge in [0, 0.05) is 11.8 Å². The van der Waals surface area contributed by atoms with Crippen LogP contribution in [-0.2, 0) is 9.53 Å². The predicted octanol–water partition coefficient (Wildman–Crippen LogP) is 2.68. The molecule has 2 heteroatoms. The first kappa shape index (κ1) is 10.3. The van der Waals surface area contributed by atoms with Crippen LogP contribution in [0.25, 0.3) is 6.08 Å². The third kappa shape index (κ3) is 1.37. The maximum Gasteiger partial charge on any atom is 0.317 e. The molecule has 1 aromatic rings. The zero-order chi connectivity index (χ0) is 11.9. The first-order chi connectivity index (χ1) is 8.29. The summed E-state index contributed by atoms with van der Waals surface area (Å²) in [4.78, 5) is 11.8. The van der Waals surface area contributed by atoms with Crippen LogP contribution in [0.1, 0.15) is 5.56 Å². The Morgan fingerprint density at radius 1 is 1.35 bits per heavy atom. The largest absolute Gasteiger partial charge is 0.465 e. The second kappa shape index (κ2) is 3.59. The summed E-state index contributed by atoms with van der Waals surface area (Å²) in [7, 11) is 0. The fraction of sp³-hybridized carbons (Fsp3) is 0.267. The third-order valence-corrected chi connectivity index (χ3v) is 3.84. The molecule has 3 rings (SSSR count). The van der Waals surface area contributed by atoms with Crippen LogP contribution >= 0.6 is 0 Å². The van der Waals surface area contributed by atoms with E-state index in [1.807, 2.05) is 48.6 Å². The van der Waals surface area contributed by atoms with Crippen molar-refractivity contribution in [2.45, 2.75) is 0 Å². The van der Waals surface area contributed by atoms with Crippen molar-refractivity contribution < 1.29 is 9.53 Å². The van der Waals surface area contributed by atoms with Crippen LogP contribution in [0.3, 0.4) is 0 Å². The van der Waals surface area contributed by atoms with Gasteiger partial charge < -0.3 is 4.74 Å². The van der Waals surface area contributed by atoms with Gasteiger partial charge in [-0.25, -0.2) is 0 Å². The summed E-state index contributed by atoms with van der Waals surface area (Å²) in [5, 5.41) is 0. The van der Waals surface area contributed by atoms with Crippen LogP contribution in [0, 0.1) is 17.3 Å². The molecular formula is C15H14O2. The van der Waals surface area contributed by atoms with E-state index >= 15 is 0 Å². The second-order valence-electron chi connectivity index (χ2n) is 4.64. The number of esters is 1. The summed E-state index contributed by atoms with van der Waals surface area (Å²) in [6.45, 7) is 4.33. The van der Waals surface area contributed by atoms with Crippen molar-refractivity contribution in [2.24, 2.45) is 17.3 Å². The Kier molecular flexibility index (Phi) is 2.18. The van der Waals surface area contributed by atoms with Gasteiger partial charge in [-0.05, 0) is 5.56 Å². The number of hydrogen-bond donors (Lipinski definition) is 0. The molecule has 1 saturated heterocycles. The molecular weight excluding hydrogens is 212 g/mol. The maximum absolute atomic E-state index is 11.8. The van der Waals surface area contributed by atoms with Crippen molar-refractivity contribution >= 4 is 12.0 Å². The van der Waals surface area contributed by atoms with E-state index < -0.39 is 5.41 Å². The first-order valence-corrected chi connectivity index (χ1v) is 5.83. The average Bonchev–Trinajstić information content (AvgIpc) is 2.91. The highest BCUT2D eigenvalue weighted by atomic mass is 16.5. The molecule has 86 valence electrons. The molecule has 0 spiro atoms. The third-order valence-electron chi connectivity index (χ3n) is 3.84. The van der Waals surface area contributed by atoms with Gasteiger partial charge in [-0.1, -0.05) is 48.6 Å². The molecule has 2 nitrogen and oxygen atoms in total. The maximum atomic E-state index is 11.8. The fourth-order valence-corrected chi connectivity index (χ4v) is 2.79. The summed E-state index contributed by atoms with van der Waals surface area (Å²) in [6.07, 6.45) is 5.87. The summed E-state index contributed by atoms with van der Waals surface area (Å²) < 4.78 is 5.10. The van der Waals surface area contributed by atoms with Gasteiger partial charge in [0.2, 0.25) is 0 Å². The van der Waals surface area contributed by atoms with E-state index in [9.17, 15) is 4.79 Å². The smallest absolute Gasteiger partial charge is 0.317 e. The van der Waals surface area contributed by atoms with E-state index in [1.54, 1.807) is 0 Å². The van der Waals surface area contributed by atoms with Gasteiger partial charge in [-0.15, -0.1) is 6.58 Å². The minimum atomic E-state index is -0.419. The number of fused-ring (bicyclic) bond motifs is 1. The van der Waals surface area contributed by atoms with E-state index in [1.165, 1.54) is 0 Å². The zero-order valence-corrected chi connectivity index (χ0v) is 9.50. The molecule has 0 radical (unpaired) electrons. The molecule has 0 aromatic heterocycles. The van der Waals surface area contributed by atoms with Gasteiger partial charge in [-0.2, -0.15) is 0 Å². The Morgan fingerprint density at radius 2 is 2.12 bits per heavy atom. The molecule has 0 N–H and O–H groups in total. The van der Waals surface area contributed by atoms with E-state index in [0.29, 0.717) is 12.5 Å². The van der Waals surface area contributed by atoms with Gasteiger partial charge in [0.1, 0.15) is 0 Å². The zero-order valence-electron chi connectivity index (χ0n) is 9.50. The van der Waals surface area contributed by atoms with Crippen molar-refractivity contribution in [3.8, 4) is 0 Å². The number of carbonyl (C=O) groups excluding carboxylic acids is 1. The van der Waals surface area contributed by atoms with E-state index in [-0.39, 0.29) is 11.9 Å². The summed E-state index contributed by atoms with van der Waals surface area (Å²) in [5.41, 5.74) is 0.687. The summed E-state index contributed by atoms with van der Waals surface area (Å²) >= 11 is 0. The minimum Gasteiger partial charge on any atom is -0.465 e. The topological polar surface area (TPSA) is 26.3 Å². The van der Waals surface area contributed by atoms with Crippen LogP contribution in [0.15, 0.2) is 49.1 Å². The molecule has 3 atom stereocenters. The van der Waals surface area contributed by atoms with Gasteiger partial charge >= 0.3 is 5.97 Å². The number of benzene rings is 1. The van der Waals surface area contributed by atoms with Gasteiger partial charge in [0.25, 0.3) is 0 Å². The number of cyclic esters (lactones) is 1. The lowest BCUT2D eigenvalue weighted by atomic mass is 10.0. The van der Waals surface area contributed by atoms with Crippen LogP contribution in [0.4, 0.5) is 0 Å². The Bertz CT molecular complexity index is 489. The average molecular weight is 226 g/mol. The molecule has 0 amide bonds. The Hall–Kier alpha value is -1.83. The van der Waals surface area contributed by atoms with Crippen LogP contribution < -0.4 is 0 Å². The van der Waals surface area contributed by atoms with Crippen LogP contribution in [0.2, 0.25) is 0 Å². The van der Waals surface area contributed by atoms with Gasteiger partial charge in [0.05, 0.1) is 12.0 Å². The van der Waals surface area contributed by atoms with E-state index in [0.717, 1.165) is 5.56 Å². The number of allylic oxidation sites excluding steroid dienone is 1. The first-order valence-electron chi connectivity index (χ1n) is 5.83. The van der Waals surface area contributed by atoms with Crippen molar-refractivity contribution in [2.75, 3.05) is 6.61 Å². The molecule has 1 heterocycles. The quantitative estimate of drug-likeness (QED) is 0.585. The SMILES string of the molecule is C=C[C@@H]1[C@H]2COC(=O)[C@]12/C=C/c1ccccc1. The molecule has 1 aliphatic heterocycles. The number of carbonyl (C=O) groups is 1. The number of rotatable bonds is 3. The Labute approximate surface area is 101 Å². The Morgan fingerprint density at radius 3 is 2.76 bits per heavy atom. The summed E-state index contributed by atoms with van der Waals surface area (Å²) in [5.74, 6) is 0.454. The Balaban J connectivity index is 1.88. The van der Waals surface area contributed by atoms with Crippen molar-refractivity contribution in [3.05, 3.63) is 54.6 Å². The monoisotopic (exact) mass is 226 g/mol. The molecule has 1 saturated carbocycles. The number of hydrogen-bond acceptors (Lipinski definition) is 2. The lowest BCUT2D eigenvalue weighted by Gasteiger charge is -2.05. The van der Waals surface area contributed by atoms with Crippen LogP contribution in [0.5, 0.6) is 0 Å². The highest BCUT2D eigenvalue weighted by Crippen LogP contribution is 2.64. The van der Waals surface area contributed by atoms with E-state index in [4.69, 9.17) is 4.74 Å². The lowest BCUT2D eigenvalue weighted by Crippen LogP contribution is -2.14. The molecule has 17 heavy (non-hydrogen) atoms. The lowest BCUT2D eigenvalue weighted by molar-refractivity contribution is -0.143. The second-order valence-corrected chi connectivity index (χ2v) is 4.64. The van der Waals surface area contributed by atoms with Gasteiger partial charge in [-0.3, -0.25) is 4.79 Å². The van der Waals surface area contributed by atoms with E-state index in [2.05, 4.69) is 6.58 Å². The van der Waals surface area contributed by atoms with Crippen molar-refractivity contribution in [1.29, 1.82) is 0 Å². The molecule has 2 fully saturated rings. The fourth-order valence-electron chi connectivity index (χ4n) is 2.79. The highest BCUT2D eigenvalue weighted by molar-refractivity contribution is 5.88. The molecule has 1 aromatic carbocycles. The predicted molar refractivity (Wildman–Crippen MR) is 66.0 cm³/mol. The minimum absolute atomic E-state index is 0.0976. The van der Waals surface area contributed by atoms with Gasteiger partial charge in [0.15, 0.2) is 0 Å². The molecule has 1 aliphatic carbocycles. The van der Waals surface area contributed by atoms with Crippen LogP contribution in [-0.4, -0.2) is 12.6 Å². The van der Waals surface area contributed by atoms with Crippen molar-refractivity contribution in [3.63, 3.8) is 0 Å². The van der Waals surface area contributed by atoms with Crippen molar-refractivity contribution in [1.82, 2.24) is 0 Å². The molecule has 0 unspecified atom stereocenters.